The first-order valence-corrected chi connectivity index (χ1v) is 17.4. The van der Waals surface area contributed by atoms with Crippen molar-refractivity contribution in [1.29, 1.82) is 0 Å². The van der Waals surface area contributed by atoms with Crippen LogP contribution in [0.1, 0.15) is 52.5 Å². The van der Waals surface area contributed by atoms with E-state index in [4.69, 9.17) is 11.6 Å². The fourth-order valence-corrected chi connectivity index (χ4v) is 6.34. The molecule has 2 aliphatic heterocycles. The molecule has 236 valence electrons. The number of carbonyl (C=O) groups excluding carboxylic acids is 1. The van der Waals surface area contributed by atoms with E-state index in [0.717, 1.165) is 11.3 Å². The van der Waals surface area contributed by atoms with Crippen molar-refractivity contribution in [2.75, 3.05) is 17.2 Å². The number of Topliss-reactive ketones (excluding diaryl/α,β-unsaturated/α-hetero) is 1. The van der Waals surface area contributed by atoms with E-state index in [1.807, 2.05) is 43.9 Å². The fourth-order valence-electron chi connectivity index (χ4n) is 5.14. The van der Waals surface area contributed by atoms with Gasteiger partial charge in [0.05, 0.1) is 10.6 Å². The molecule has 2 heterocycles. The van der Waals surface area contributed by atoms with Crippen LogP contribution in [0.5, 0.6) is 0 Å². The zero-order valence-electron chi connectivity index (χ0n) is 24.2. The summed E-state index contributed by atoms with van der Waals surface area (Å²) in [6.07, 6.45) is 13.3. The number of carbonyl (C=O) groups is 1. The maximum atomic E-state index is 12.0. The molecule has 0 bridgehead atoms. The van der Waals surface area contributed by atoms with Gasteiger partial charge in [-0.05, 0) is 50.5 Å². The van der Waals surface area contributed by atoms with Gasteiger partial charge in [-0.25, -0.2) is 0 Å². The number of fused-ring (bicyclic) bond motifs is 1. The molecule has 13 heteroatoms. The number of ketones is 1. The molecule has 0 fully saturated rings. The van der Waals surface area contributed by atoms with Gasteiger partial charge in [-0.2, -0.15) is 16.8 Å². The average molecular weight is 694 g/mol. The average Bonchev–Trinajstić information content (AvgIpc) is 3.31. The van der Waals surface area contributed by atoms with Crippen LogP contribution in [0.2, 0.25) is 0 Å². The van der Waals surface area contributed by atoms with Gasteiger partial charge in [0.2, 0.25) is 0 Å². The molecule has 2 aliphatic rings. The minimum Gasteiger partial charge on any atom is -0.344 e. The Morgan fingerprint density at radius 2 is 1.81 bits per heavy atom. The van der Waals surface area contributed by atoms with E-state index in [9.17, 15) is 30.7 Å². The summed E-state index contributed by atoms with van der Waals surface area (Å²) in [6.45, 7) is 7.59. The van der Waals surface area contributed by atoms with Gasteiger partial charge in [-0.3, -0.25) is 9.11 Å². The third-order valence-electron chi connectivity index (χ3n) is 7.58. The van der Waals surface area contributed by atoms with Gasteiger partial charge < -0.3 is 9.69 Å². The van der Waals surface area contributed by atoms with Crippen molar-refractivity contribution in [3.05, 3.63) is 82.7 Å². The maximum Gasteiger partial charge on any atom is 0.294 e. The van der Waals surface area contributed by atoms with E-state index in [1.165, 1.54) is 24.1 Å². The molecular weight excluding hydrogens is 659 g/mol. The van der Waals surface area contributed by atoms with Crippen LogP contribution < -0.4 is 4.90 Å². The maximum absolute atomic E-state index is 12.0. The van der Waals surface area contributed by atoms with Crippen molar-refractivity contribution in [1.82, 2.24) is 0 Å². The monoisotopic (exact) mass is 692 g/mol. The molecule has 0 aliphatic carbocycles. The molecule has 43 heavy (non-hydrogen) atoms. The van der Waals surface area contributed by atoms with Crippen molar-refractivity contribution in [2.24, 2.45) is 10.4 Å². The topological polar surface area (TPSA) is 141 Å². The zero-order chi connectivity index (χ0) is 32.2. The number of benzene rings is 1. The molecule has 1 atom stereocenters. The molecule has 9 nitrogen and oxygen atoms in total. The molecule has 0 amide bonds. The Labute approximate surface area is 266 Å². The third-order valence-corrected chi connectivity index (χ3v) is 9.90. The van der Waals surface area contributed by atoms with Gasteiger partial charge in [0, 0.05) is 24.1 Å². The minimum absolute atomic E-state index is 0.0494. The number of nitrogens with zero attached hydrogens (tertiary/aromatic N) is 2. The van der Waals surface area contributed by atoms with Crippen molar-refractivity contribution in [2.45, 2.75) is 57.3 Å². The van der Waals surface area contributed by atoms with Crippen LogP contribution in [0, 0.1) is 5.41 Å². The number of hydrogen-bond acceptors (Lipinski definition) is 7. The van der Waals surface area contributed by atoms with Crippen molar-refractivity contribution in [3.63, 3.8) is 0 Å². The number of hydrogen-bond donors (Lipinski definition) is 2. The molecule has 0 saturated carbocycles. The first-order chi connectivity index (χ1) is 19.9. The molecule has 3 rings (SSSR count). The Hall–Kier alpha value is -2.47. The molecule has 0 spiro atoms. The molecule has 0 saturated heterocycles. The van der Waals surface area contributed by atoms with E-state index in [1.54, 1.807) is 30.5 Å². The SMILES string of the molecule is CC(=O)CCC1(C)\C(=C/C=C/C=C/C2=NC=C(/C=C(/Cl)[CH]=[Ni])C2(C)C)N(CCCS(=O)(=O)O)c2ccc(S(=O)(=O)O)cc21. The van der Waals surface area contributed by atoms with Crippen LogP contribution >= 0.6 is 11.6 Å². The first-order valence-electron chi connectivity index (χ1n) is 13.4. The van der Waals surface area contributed by atoms with Crippen LogP contribution in [0.4, 0.5) is 5.69 Å². The smallest absolute Gasteiger partial charge is 0.294 e. The normalized spacial score (nSPS) is 21.6. The van der Waals surface area contributed by atoms with E-state index in [0.29, 0.717) is 28.4 Å². The standard InChI is InChI=1S/C30H35ClN2O7S2.Ni/c1-21(31)18-23-20-32-27(29(23,3)4)10-7-6-8-11-28-30(5,15-14-22(2)34)25-19-24(42(38,39)40)12-13-26(25)33(28)16-9-17-41(35,36)37;/h1,6-8,10-13,18-20H,9,14-17H2,2-5H3,(H,35,36,37)(H,38,39,40);/b8-6+,10-7+,21-18+,28-11+;. The van der Waals surface area contributed by atoms with Crippen molar-refractivity contribution in [3.8, 4) is 0 Å². The minimum atomic E-state index is -4.50. The molecule has 1 unspecified atom stereocenters. The zero-order valence-corrected chi connectivity index (χ0v) is 27.6. The fraction of sp³-hybridized carbons (Fsp3) is 0.367. The first kappa shape index (κ1) is 35.0. The Morgan fingerprint density at radius 3 is 2.42 bits per heavy atom. The Morgan fingerprint density at radius 1 is 1.12 bits per heavy atom. The van der Waals surface area contributed by atoms with Gasteiger partial charge in [0.25, 0.3) is 20.2 Å². The van der Waals surface area contributed by atoms with Crippen LogP contribution in [-0.2, 0) is 45.5 Å². The van der Waals surface area contributed by atoms with Gasteiger partial charge in [0.15, 0.2) is 0 Å². The Kier molecular flexibility index (Phi) is 11.1. The summed E-state index contributed by atoms with van der Waals surface area (Å²) in [5.74, 6) is -0.510. The van der Waals surface area contributed by atoms with Crippen LogP contribution in [0.15, 0.2) is 87.0 Å². The van der Waals surface area contributed by atoms with Gasteiger partial charge >= 0.3 is 121 Å². The Balaban J connectivity index is 2.00. The molecule has 1 aromatic rings. The second-order valence-electron chi connectivity index (χ2n) is 11.1. The predicted molar refractivity (Wildman–Crippen MR) is 168 cm³/mol. The second-order valence-corrected chi connectivity index (χ2v) is 14.8. The van der Waals surface area contributed by atoms with E-state index in [2.05, 4.69) is 20.0 Å². The number of halogens is 1. The van der Waals surface area contributed by atoms with Crippen LogP contribution in [0.25, 0.3) is 0 Å². The summed E-state index contributed by atoms with van der Waals surface area (Å²) in [7, 11) is -8.71. The number of rotatable bonds is 13. The van der Waals surface area contributed by atoms with E-state index >= 15 is 0 Å². The van der Waals surface area contributed by atoms with E-state index in [-0.39, 0.29) is 35.5 Å². The summed E-state index contributed by atoms with van der Waals surface area (Å²) < 4.78 is 65.8. The van der Waals surface area contributed by atoms with Gasteiger partial charge in [0.1, 0.15) is 5.78 Å². The molecule has 0 aromatic heterocycles. The van der Waals surface area contributed by atoms with Gasteiger partial charge in [-0.15, -0.1) is 0 Å². The summed E-state index contributed by atoms with van der Waals surface area (Å²) in [6, 6.07) is 4.22. The number of allylic oxidation sites excluding steroid dienone is 9. The second kappa shape index (κ2) is 13.7. The van der Waals surface area contributed by atoms with Crippen molar-refractivity contribution < 1.29 is 45.8 Å². The summed E-state index contributed by atoms with van der Waals surface area (Å²) in [5.41, 5.74) is 2.41. The quantitative estimate of drug-likeness (QED) is 0.157. The predicted octanol–water partition coefficient (Wildman–Crippen LogP) is 5.49. The van der Waals surface area contributed by atoms with Crippen molar-refractivity contribution >= 4 is 54.0 Å². The van der Waals surface area contributed by atoms with E-state index < -0.39 is 31.4 Å². The van der Waals surface area contributed by atoms with Crippen LogP contribution in [0.3, 0.4) is 0 Å². The molecule has 0 radical (unpaired) electrons. The van der Waals surface area contributed by atoms with Gasteiger partial charge in [-0.1, -0.05) is 0 Å². The summed E-state index contributed by atoms with van der Waals surface area (Å²) in [5, 5.41) is 0.460. The number of anilines is 1. The largest absolute Gasteiger partial charge is 0.344 e. The molecule has 1 aromatic carbocycles. The number of aliphatic imine (C=N–C) groups is 1. The molecule has 2 N–H and O–H groups in total. The van der Waals surface area contributed by atoms with Crippen LogP contribution in [-0.4, -0.2) is 54.7 Å². The third kappa shape index (κ3) is 8.59. The summed E-state index contributed by atoms with van der Waals surface area (Å²) in [4.78, 5) is 19.5. The Bertz CT molecular complexity index is 1700. The summed E-state index contributed by atoms with van der Waals surface area (Å²) >= 11 is 10.7. The molecular formula is C30H35ClN2NiO7S2.